The Balaban J connectivity index is 2.13. The highest BCUT2D eigenvalue weighted by molar-refractivity contribution is 5.85. The van der Waals surface area contributed by atoms with Crippen LogP contribution >= 0.6 is 0 Å². The first kappa shape index (κ1) is 10.1. The van der Waals surface area contributed by atoms with Crippen molar-refractivity contribution in [3.63, 3.8) is 0 Å². The van der Waals surface area contributed by atoms with Gasteiger partial charge in [-0.2, -0.15) is 0 Å². The summed E-state index contributed by atoms with van der Waals surface area (Å²) in [4.78, 5) is 3.42. The molecule has 2 aromatic carbocycles. The number of aromatic nitrogens is 1. The second-order valence-corrected chi connectivity index (χ2v) is 4.17. The third-order valence-electron chi connectivity index (χ3n) is 3.00. The van der Waals surface area contributed by atoms with Crippen LogP contribution < -0.4 is 5.73 Å². The van der Waals surface area contributed by atoms with Crippen molar-refractivity contribution in [1.29, 1.82) is 0 Å². The Kier molecular flexibility index (Phi) is 2.42. The van der Waals surface area contributed by atoms with E-state index in [1.807, 2.05) is 18.2 Å². The topological polar surface area (TPSA) is 41.8 Å². The standard InChI is InChI=1S/C15H14N2/c16-10-11-4-3-6-12(8-11)15-9-13-5-1-2-7-14(13)17-15/h1-9,17H,10,16H2. The second kappa shape index (κ2) is 4.07. The molecule has 0 saturated heterocycles. The lowest BCUT2D eigenvalue weighted by Crippen LogP contribution is -1.95. The van der Waals surface area contributed by atoms with Crippen molar-refractivity contribution in [2.45, 2.75) is 6.54 Å². The summed E-state index contributed by atoms with van der Waals surface area (Å²) >= 11 is 0. The van der Waals surface area contributed by atoms with Crippen LogP contribution in [0.25, 0.3) is 22.2 Å². The summed E-state index contributed by atoms with van der Waals surface area (Å²) < 4.78 is 0. The SMILES string of the molecule is NCc1cccc(-c2cc3ccccc3[nH]2)c1. The van der Waals surface area contributed by atoms with E-state index in [2.05, 4.69) is 41.4 Å². The predicted octanol–water partition coefficient (Wildman–Crippen LogP) is 3.29. The van der Waals surface area contributed by atoms with Gasteiger partial charge in [0.15, 0.2) is 0 Å². The molecule has 17 heavy (non-hydrogen) atoms. The fraction of sp³-hybridized carbons (Fsp3) is 0.0667. The van der Waals surface area contributed by atoms with Crippen LogP contribution in [0.15, 0.2) is 54.6 Å². The Labute approximate surface area is 100 Å². The number of hydrogen-bond acceptors (Lipinski definition) is 1. The highest BCUT2D eigenvalue weighted by atomic mass is 14.7. The maximum absolute atomic E-state index is 5.66. The summed E-state index contributed by atoms with van der Waals surface area (Å²) in [6, 6.07) is 18.8. The minimum absolute atomic E-state index is 0.577. The van der Waals surface area contributed by atoms with Crippen molar-refractivity contribution in [2.75, 3.05) is 0 Å². The van der Waals surface area contributed by atoms with E-state index in [9.17, 15) is 0 Å². The van der Waals surface area contributed by atoms with E-state index in [1.165, 1.54) is 16.5 Å². The maximum atomic E-state index is 5.66. The lowest BCUT2D eigenvalue weighted by molar-refractivity contribution is 1.07. The molecule has 0 aliphatic carbocycles. The summed E-state index contributed by atoms with van der Waals surface area (Å²) in [6.45, 7) is 0.577. The molecule has 84 valence electrons. The van der Waals surface area contributed by atoms with Crippen LogP contribution in [0.2, 0.25) is 0 Å². The second-order valence-electron chi connectivity index (χ2n) is 4.17. The van der Waals surface area contributed by atoms with Crippen LogP contribution in [0, 0.1) is 0 Å². The summed E-state index contributed by atoms with van der Waals surface area (Å²) in [6.07, 6.45) is 0. The van der Waals surface area contributed by atoms with Crippen LogP contribution in [0.1, 0.15) is 5.56 Å². The van der Waals surface area contributed by atoms with Crippen LogP contribution in [0.5, 0.6) is 0 Å². The Morgan fingerprint density at radius 1 is 0.941 bits per heavy atom. The van der Waals surface area contributed by atoms with Gasteiger partial charge in [0, 0.05) is 23.1 Å². The number of fused-ring (bicyclic) bond motifs is 1. The Hall–Kier alpha value is -2.06. The van der Waals surface area contributed by atoms with E-state index in [0.29, 0.717) is 6.54 Å². The predicted molar refractivity (Wildman–Crippen MR) is 71.6 cm³/mol. The fourth-order valence-electron chi connectivity index (χ4n) is 2.09. The molecule has 1 aromatic heterocycles. The molecular weight excluding hydrogens is 208 g/mol. The number of rotatable bonds is 2. The molecule has 0 amide bonds. The van der Waals surface area contributed by atoms with E-state index in [0.717, 1.165) is 11.3 Å². The molecule has 0 aliphatic rings. The van der Waals surface area contributed by atoms with Crippen LogP contribution in [0.4, 0.5) is 0 Å². The lowest BCUT2D eigenvalue weighted by Gasteiger charge is -2.00. The molecular formula is C15H14N2. The normalized spacial score (nSPS) is 10.9. The van der Waals surface area contributed by atoms with Crippen molar-refractivity contribution < 1.29 is 0 Å². The molecule has 0 saturated carbocycles. The Bertz CT molecular complexity index is 620. The number of benzene rings is 2. The summed E-state index contributed by atoms with van der Waals surface area (Å²) in [7, 11) is 0. The molecule has 2 nitrogen and oxygen atoms in total. The molecule has 1 heterocycles. The number of para-hydroxylation sites is 1. The van der Waals surface area contributed by atoms with Gasteiger partial charge in [-0.3, -0.25) is 0 Å². The first-order valence-electron chi connectivity index (χ1n) is 5.74. The minimum Gasteiger partial charge on any atom is -0.355 e. The zero-order valence-electron chi connectivity index (χ0n) is 9.48. The third kappa shape index (κ3) is 1.83. The zero-order valence-corrected chi connectivity index (χ0v) is 9.48. The molecule has 0 fully saturated rings. The molecule has 0 atom stereocenters. The smallest absolute Gasteiger partial charge is 0.0464 e. The van der Waals surface area contributed by atoms with Gasteiger partial charge >= 0.3 is 0 Å². The molecule has 3 aromatic rings. The number of H-pyrrole nitrogens is 1. The van der Waals surface area contributed by atoms with Gasteiger partial charge in [-0.25, -0.2) is 0 Å². The van der Waals surface area contributed by atoms with Crippen LogP contribution in [-0.4, -0.2) is 4.98 Å². The van der Waals surface area contributed by atoms with Gasteiger partial charge in [0.1, 0.15) is 0 Å². The van der Waals surface area contributed by atoms with Gasteiger partial charge in [0.25, 0.3) is 0 Å². The van der Waals surface area contributed by atoms with Gasteiger partial charge in [-0.1, -0.05) is 36.4 Å². The van der Waals surface area contributed by atoms with Crippen molar-refractivity contribution >= 4 is 10.9 Å². The Morgan fingerprint density at radius 3 is 2.65 bits per heavy atom. The Morgan fingerprint density at radius 2 is 1.82 bits per heavy atom. The zero-order chi connectivity index (χ0) is 11.7. The summed E-state index contributed by atoms with van der Waals surface area (Å²) in [5, 5.41) is 1.24. The average Bonchev–Trinajstić information content (AvgIpc) is 2.82. The largest absolute Gasteiger partial charge is 0.355 e. The van der Waals surface area contributed by atoms with Crippen molar-refractivity contribution in [1.82, 2.24) is 4.98 Å². The van der Waals surface area contributed by atoms with Crippen molar-refractivity contribution in [2.24, 2.45) is 5.73 Å². The molecule has 2 heteroatoms. The van der Waals surface area contributed by atoms with E-state index >= 15 is 0 Å². The van der Waals surface area contributed by atoms with Gasteiger partial charge < -0.3 is 10.7 Å². The molecule has 0 unspecified atom stereocenters. The lowest BCUT2D eigenvalue weighted by atomic mass is 10.1. The monoisotopic (exact) mass is 222 g/mol. The molecule has 3 rings (SSSR count). The van der Waals surface area contributed by atoms with Gasteiger partial charge in [0.05, 0.1) is 0 Å². The van der Waals surface area contributed by atoms with Gasteiger partial charge in [-0.05, 0) is 29.3 Å². The summed E-state index contributed by atoms with van der Waals surface area (Å²) in [5.41, 5.74) is 10.3. The molecule has 0 aliphatic heterocycles. The number of aromatic amines is 1. The molecule has 3 N–H and O–H groups in total. The maximum Gasteiger partial charge on any atom is 0.0464 e. The number of nitrogens with two attached hydrogens (primary N) is 1. The average molecular weight is 222 g/mol. The quantitative estimate of drug-likeness (QED) is 0.686. The van der Waals surface area contributed by atoms with E-state index in [4.69, 9.17) is 5.73 Å². The molecule has 0 radical (unpaired) electrons. The summed E-state index contributed by atoms with van der Waals surface area (Å²) in [5.74, 6) is 0. The third-order valence-corrected chi connectivity index (χ3v) is 3.00. The molecule has 0 bridgehead atoms. The highest BCUT2D eigenvalue weighted by Gasteiger charge is 2.02. The van der Waals surface area contributed by atoms with Crippen molar-refractivity contribution in [3.8, 4) is 11.3 Å². The van der Waals surface area contributed by atoms with E-state index in [1.54, 1.807) is 0 Å². The van der Waals surface area contributed by atoms with Crippen LogP contribution in [-0.2, 0) is 6.54 Å². The van der Waals surface area contributed by atoms with Gasteiger partial charge in [-0.15, -0.1) is 0 Å². The first-order chi connectivity index (χ1) is 8.36. The number of nitrogens with one attached hydrogen (secondary N) is 1. The molecule has 0 spiro atoms. The van der Waals surface area contributed by atoms with Crippen molar-refractivity contribution in [3.05, 3.63) is 60.2 Å². The number of hydrogen-bond donors (Lipinski definition) is 2. The highest BCUT2D eigenvalue weighted by Crippen LogP contribution is 2.24. The first-order valence-corrected chi connectivity index (χ1v) is 5.74. The fourth-order valence-corrected chi connectivity index (χ4v) is 2.09. The minimum atomic E-state index is 0.577. The van der Waals surface area contributed by atoms with E-state index < -0.39 is 0 Å². The van der Waals surface area contributed by atoms with E-state index in [-0.39, 0.29) is 0 Å². The van der Waals surface area contributed by atoms with Gasteiger partial charge in [0.2, 0.25) is 0 Å². The van der Waals surface area contributed by atoms with Crippen LogP contribution in [0.3, 0.4) is 0 Å².